The van der Waals surface area contributed by atoms with Crippen LogP contribution in [-0.2, 0) is 0 Å². The van der Waals surface area contributed by atoms with E-state index in [1.807, 2.05) is 0 Å². The third-order valence-corrected chi connectivity index (χ3v) is 5.21. The van der Waals surface area contributed by atoms with Gasteiger partial charge in [-0.15, -0.1) is 12.4 Å². The number of likely N-dealkylation sites (tertiary alicyclic amines) is 1. The fourth-order valence-electron chi connectivity index (χ4n) is 3.97. The molecule has 3 saturated heterocycles. The van der Waals surface area contributed by atoms with Crippen molar-refractivity contribution in [3.63, 3.8) is 0 Å². The van der Waals surface area contributed by atoms with Crippen molar-refractivity contribution in [2.45, 2.75) is 44.2 Å². The Labute approximate surface area is 118 Å². The van der Waals surface area contributed by atoms with Crippen LogP contribution in [0.4, 0.5) is 0 Å². The molecule has 3 heterocycles. The fourth-order valence-corrected chi connectivity index (χ4v) is 3.97. The minimum atomic E-state index is 0. The molecular formula is C14H28ClN3. The van der Waals surface area contributed by atoms with E-state index >= 15 is 0 Å². The number of hydrogen-bond acceptors (Lipinski definition) is 3. The zero-order chi connectivity index (χ0) is 11.7. The van der Waals surface area contributed by atoms with E-state index in [1.54, 1.807) is 0 Å². The van der Waals surface area contributed by atoms with Crippen LogP contribution in [0.2, 0.25) is 0 Å². The van der Waals surface area contributed by atoms with Crippen LogP contribution in [-0.4, -0.2) is 61.7 Å². The van der Waals surface area contributed by atoms with Crippen LogP contribution in [0.5, 0.6) is 0 Å². The highest BCUT2D eigenvalue weighted by atomic mass is 35.5. The van der Waals surface area contributed by atoms with Crippen molar-refractivity contribution in [1.82, 2.24) is 15.1 Å². The first-order valence-corrected chi connectivity index (χ1v) is 7.48. The SMILES string of the molecule is CN1C2CCC1CN(CC1CCNCC1)CC2.Cl. The third-order valence-electron chi connectivity index (χ3n) is 5.21. The lowest BCUT2D eigenvalue weighted by Crippen LogP contribution is -2.40. The molecule has 3 nitrogen and oxygen atoms in total. The van der Waals surface area contributed by atoms with Gasteiger partial charge in [0, 0.05) is 25.2 Å². The number of halogens is 1. The first-order chi connectivity index (χ1) is 8.33. The van der Waals surface area contributed by atoms with Crippen molar-refractivity contribution in [2.24, 2.45) is 5.92 Å². The predicted octanol–water partition coefficient (Wildman–Crippen LogP) is 1.58. The van der Waals surface area contributed by atoms with E-state index in [-0.39, 0.29) is 12.4 Å². The van der Waals surface area contributed by atoms with E-state index in [1.165, 1.54) is 64.8 Å². The molecule has 0 aromatic heterocycles. The van der Waals surface area contributed by atoms with Crippen molar-refractivity contribution in [2.75, 3.05) is 39.8 Å². The lowest BCUT2D eigenvalue weighted by molar-refractivity contribution is 0.183. The second-order valence-corrected chi connectivity index (χ2v) is 6.29. The maximum atomic E-state index is 3.47. The Morgan fingerprint density at radius 3 is 2.50 bits per heavy atom. The molecule has 0 aromatic rings. The summed E-state index contributed by atoms with van der Waals surface area (Å²) < 4.78 is 0. The topological polar surface area (TPSA) is 18.5 Å². The van der Waals surface area contributed by atoms with Crippen LogP contribution >= 0.6 is 12.4 Å². The van der Waals surface area contributed by atoms with Gasteiger partial charge in [-0.1, -0.05) is 0 Å². The van der Waals surface area contributed by atoms with E-state index in [9.17, 15) is 0 Å². The highest BCUT2D eigenvalue weighted by Gasteiger charge is 2.34. The highest BCUT2D eigenvalue weighted by molar-refractivity contribution is 5.85. The van der Waals surface area contributed by atoms with Crippen LogP contribution in [0.3, 0.4) is 0 Å². The van der Waals surface area contributed by atoms with Gasteiger partial charge < -0.3 is 10.2 Å². The fraction of sp³-hybridized carbons (Fsp3) is 1.00. The molecule has 3 aliphatic rings. The number of rotatable bonds is 2. The van der Waals surface area contributed by atoms with Gasteiger partial charge in [-0.3, -0.25) is 4.90 Å². The molecular weight excluding hydrogens is 246 g/mol. The van der Waals surface area contributed by atoms with E-state index in [2.05, 4.69) is 22.2 Å². The van der Waals surface area contributed by atoms with E-state index in [4.69, 9.17) is 0 Å². The van der Waals surface area contributed by atoms with Gasteiger partial charge in [0.05, 0.1) is 0 Å². The van der Waals surface area contributed by atoms with Crippen molar-refractivity contribution in [3.8, 4) is 0 Å². The van der Waals surface area contributed by atoms with Gasteiger partial charge in [-0.25, -0.2) is 0 Å². The zero-order valence-electron chi connectivity index (χ0n) is 11.6. The summed E-state index contributed by atoms with van der Waals surface area (Å²) in [6.07, 6.45) is 7.06. The average Bonchev–Trinajstić information content (AvgIpc) is 2.59. The van der Waals surface area contributed by atoms with Crippen LogP contribution in [0, 0.1) is 5.92 Å². The van der Waals surface area contributed by atoms with Crippen LogP contribution in [0.1, 0.15) is 32.1 Å². The van der Waals surface area contributed by atoms with Gasteiger partial charge in [-0.05, 0) is 64.7 Å². The van der Waals surface area contributed by atoms with Crippen LogP contribution in [0.15, 0.2) is 0 Å². The normalized spacial score (nSPS) is 35.2. The lowest BCUT2D eigenvalue weighted by Gasteiger charge is -2.31. The molecule has 18 heavy (non-hydrogen) atoms. The van der Waals surface area contributed by atoms with E-state index < -0.39 is 0 Å². The maximum Gasteiger partial charge on any atom is 0.0223 e. The molecule has 1 N–H and O–H groups in total. The van der Waals surface area contributed by atoms with E-state index in [0.29, 0.717) is 0 Å². The quantitative estimate of drug-likeness (QED) is 0.824. The molecule has 106 valence electrons. The minimum absolute atomic E-state index is 0. The molecule has 3 aliphatic heterocycles. The molecule has 0 amide bonds. The third kappa shape index (κ3) is 3.19. The smallest absolute Gasteiger partial charge is 0.0223 e. The van der Waals surface area contributed by atoms with E-state index in [0.717, 1.165) is 18.0 Å². The lowest BCUT2D eigenvalue weighted by atomic mass is 9.97. The molecule has 2 bridgehead atoms. The van der Waals surface area contributed by atoms with Crippen LogP contribution < -0.4 is 5.32 Å². The average molecular weight is 274 g/mol. The van der Waals surface area contributed by atoms with Crippen molar-refractivity contribution in [1.29, 1.82) is 0 Å². The minimum Gasteiger partial charge on any atom is -0.317 e. The molecule has 0 aliphatic carbocycles. The van der Waals surface area contributed by atoms with Gasteiger partial charge in [0.2, 0.25) is 0 Å². The number of nitrogens with zero attached hydrogens (tertiary/aromatic N) is 2. The van der Waals surface area contributed by atoms with Gasteiger partial charge in [0.15, 0.2) is 0 Å². The Balaban J connectivity index is 0.00000120. The molecule has 2 unspecified atom stereocenters. The summed E-state index contributed by atoms with van der Waals surface area (Å²) in [7, 11) is 2.34. The number of likely N-dealkylation sites (N-methyl/N-ethyl adjacent to an activating group) is 1. The van der Waals surface area contributed by atoms with Gasteiger partial charge in [-0.2, -0.15) is 0 Å². The van der Waals surface area contributed by atoms with Gasteiger partial charge >= 0.3 is 0 Å². The number of nitrogens with one attached hydrogen (secondary N) is 1. The number of piperidine rings is 1. The van der Waals surface area contributed by atoms with Crippen molar-refractivity contribution in [3.05, 3.63) is 0 Å². The maximum absolute atomic E-state index is 3.47. The molecule has 2 atom stereocenters. The monoisotopic (exact) mass is 273 g/mol. The summed E-state index contributed by atoms with van der Waals surface area (Å²) in [6.45, 7) is 6.51. The Bertz CT molecular complexity index is 255. The Kier molecular flexibility index (Phi) is 5.31. The largest absolute Gasteiger partial charge is 0.317 e. The summed E-state index contributed by atoms with van der Waals surface area (Å²) in [5, 5.41) is 3.47. The summed E-state index contributed by atoms with van der Waals surface area (Å²) in [4.78, 5) is 5.42. The molecule has 0 aromatic carbocycles. The summed E-state index contributed by atoms with van der Waals surface area (Å²) in [5.41, 5.74) is 0. The first-order valence-electron chi connectivity index (χ1n) is 7.48. The first kappa shape index (κ1) is 14.6. The van der Waals surface area contributed by atoms with Crippen LogP contribution in [0.25, 0.3) is 0 Å². The van der Waals surface area contributed by atoms with Crippen molar-refractivity contribution < 1.29 is 0 Å². The summed E-state index contributed by atoms with van der Waals surface area (Å²) in [5.74, 6) is 0.957. The molecule has 0 radical (unpaired) electrons. The Hall–Kier alpha value is 0.170. The predicted molar refractivity (Wildman–Crippen MR) is 78.5 cm³/mol. The molecule has 0 spiro atoms. The van der Waals surface area contributed by atoms with Crippen molar-refractivity contribution >= 4 is 12.4 Å². The number of fused-ring (bicyclic) bond motifs is 2. The summed E-state index contributed by atoms with van der Waals surface area (Å²) in [6, 6.07) is 1.74. The Morgan fingerprint density at radius 1 is 1.00 bits per heavy atom. The molecule has 3 rings (SSSR count). The zero-order valence-corrected chi connectivity index (χ0v) is 12.4. The second-order valence-electron chi connectivity index (χ2n) is 6.29. The highest BCUT2D eigenvalue weighted by Crippen LogP contribution is 2.29. The molecule has 0 saturated carbocycles. The van der Waals surface area contributed by atoms with Gasteiger partial charge in [0.25, 0.3) is 0 Å². The summed E-state index contributed by atoms with van der Waals surface area (Å²) >= 11 is 0. The Morgan fingerprint density at radius 2 is 1.72 bits per heavy atom. The molecule has 3 fully saturated rings. The second kappa shape index (κ2) is 6.56. The standard InChI is InChI=1S/C14H27N3.ClH/c1-16-13-2-3-14(16)11-17(9-6-13)10-12-4-7-15-8-5-12;/h12-15H,2-11H2,1H3;1H. The van der Waals surface area contributed by atoms with Gasteiger partial charge in [0.1, 0.15) is 0 Å². The molecule has 4 heteroatoms. The number of hydrogen-bond donors (Lipinski definition) is 1.